The number of hydrogen-bond donors (Lipinski definition) is 0. The average molecular weight is 437 g/mol. The lowest BCUT2D eigenvalue weighted by atomic mass is 9.96. The van der Waals surface area contributed by atoms with Gasteiger partial charge in [0, 0.05) is 38.0 Å². The Hall–Kier alpha value is -2.23. The Morgan fingerprint density at radius 2 is 1.41 bits per heavy atom. The highest BCUT2D eigenvalue weighted by atomic mass is 32.2. The Bertz CT molecular complexity index is 1070. The molecule has 0 aliphatic carbocycles. The molecule has 0 atom stereocenters. The first-order chi connectivity index (χ1) is 13.6. The van der Waals surface area contributed by atoms with Crippen molar-refractivity contribution in [3.8, 4) is 0 Å². The van der Waals surface area contributed by atoms with Crippen molar-refractivity contribution in [1.29, 1.82) is 0 Å². The van der Waals surface area contributed by atoms with Crippen molar-refractivity contribution in [3.05, 3.63) is 54.6 Å². The fourth-order valence-corrected chi connectivity index (χ4v) is 5.50. The van der Waals surface area contributed by atoms with Gasteiger partial charge in [-0.1, -0.05) is 18.2 Å². The molecule has 1 aliphatic heterocycles. The number of sulfone groups is 1. The minimum atomic E-state index is -3.73. The van der Waals surface area contributed by atoms with Gasteiger partial charge in [0.2, 0.25) is 15.9 Å². The highest BCUT2D eigenvalue weighted by Crippen LogP contribution is 2.27. The number of nitrogens with zero attached hydrogens (tertiary/aromatic N) is 2. The van der Waals surface area contributed by atoms with E-state index in [2.05, 4.69) is 0 Å². The lowest BCUT2D eigenvalue weighted by Crippen LogP contribution is -2.43. The average Bonchev–Trinajstić information content (AvgIpc) is 2.73. The first-order valence-electron chi connectivity index (χ1n) is 9.23. The molecule has 0 unspecified atom stereocenters. The number of piperidine rings is 1. The van der Waals surface area contributed by atoms with Gasteiger partial charge in [-0.3, -0.25) is 4.79 Å². The van der Waals surface area contributed by atoms with Crippen LogP contribution in [0, 0.1) is 5.92 Å². The summed E-state index contributed by atoms with van der Waals surface area (Å²) < 4.78 is 50.2. The van der Waals surface area contributed by atoms with Crippen LogP contribution >= 0.6 is 0 Å². The van der Waals surface area contributed by atoms with E-state index in [-0.39, 0.29) is 34.7 Å². The molecule has 2 aromatic carbocycles. The highest BCUT2D eigenvalue weighted by molar-refractivity contribution is 7.90. The standard InChI is InChI=1S/C20H24N2O5S2/c1-21(17-6-4-3-5-7-17)20(23)16-12-14-22(15-13-16)29(26,27)19-10-8-18(9-11-19)28(2,24)25/h3-11,16H,12-15H2,1-2H3. The summed E-state index contributed by atoms with van der Waals surface area (Å²) in [6.45, 7) is 0.490. The molecule has 0 spiro atoms. The van der Waals surface area contributed by atoms with E-state index >= 15 is 0 Å². The highest BCUT2D eigenvalue weighted by Gasteiger charge is 2.33. The maximum Gasteiger partial charge on any atom is 0.243 e. The van der Waals surface area contributed by atoms with E-state index in [0.717, 1.165) is 11.9 Å². The van der Waals surface area contributed by atoms with Gasteiger partial charge in [-0.25, -0.2) is 16.8 Å². The van der Waals surface area contributed by atoms with Gasteiger partial charge in [-0.05, 0) is 49.2 Å². The number of para-hydroxylation sites is 1. The van der Waals surface area contributed by atoms with E-state index in [1.165, 1.54) is 28.6 Å². The van der Waals surface area contributed by atoms with E-state index < -0.39 is 19.9 Å². The van der Waals surface area contributed by atoms with Crippen LogP contribution in [0.4, 0.5) is 5.69 Å². The molecule has 9 heteroatoms. The monoisotopic (exact) mass is 436 g/mol. The Morgan fingerprint density at radius 1 is 0.897 bits per heavy atom. The molecule has 1 fully saturated rings. The second-order valence-electron chi connectivity index (χ2n) is 7.15. The van der Waals surface area contributed by atoms with Crippen molar-refractivity contribution < 1.29 is 21.6 Å². The van der Waals surface area contributed by atoms with Gasteiger partial charge in [-0.15, -0.1) is 0 Å². The lowest BCUT2D eigenvalue weighted by molar-refractivity contribution is -0.123. The minimum absolute atomic E-state index is 0.0225. The number of benzene rings is 2. The molecule has 0 aromatic heterocycles. The first-order valence-corrected chi connectivity index (χ1v) is 12.6. The van der Waals surface area contributed by atoms with E-state index in [0.29, 0.717) is 12.8 Å². The molecule has 0 saturated carbocycles. The topological polar surface area (TPSA) is 91.8 Å². The SMILES string of the molecule is CN(C(=O)C1CCN(S(=O)(=O)c2ccc(S(C)(=O)=O)cc2)CC1)c1ccccc1. The molecular weight excluding hydrogens is 412 g/mol. The Morgan fingerprint density at radius 3 is 1.93 bits per heavy atom. The van der Waals surface area contributed by atoms with Crippen LogP contribution < -0.4 is 4.90 Å². The van der Waals surface area contributed by atoms with Gasteiger partial charge in [0.25, 0.3) is 0 Å². The normalized spacial score (nSPS) is 16.5. The number of hydrogen-bond acceptors (Lipinski definition) is 5. The fraction of sp³-hybridized carbons (Fsp3) is 0.350. The molecule has 1 amide bonds. The van der Waals surface area contributed by atoms with Gasteiger partial charge in [0.15, 0.2) is 9.84 Å². The fourth-order valence-electron chi connectivity index (χ4n) is 3.40. The smallest absolute Gasteiger partial charge is 0.243 e. The molecule has 7 nitrogen and oxygen atoms in total. The van der Waals surface area contributed by atoms with Crippen molar-refractivity contribution in [1.82, 2.24) is 4.31 Å². The maximum absolute atomic E-state index is 12.9. The first kappa shape index (κ1) is 21.5. The van der Waals surface area contributed by atoms with Crippen LogP contribution in [0.25, 0.3) is 0 Å². The van der Waals surface area contributed by atoms with Crippen LogP contribution in [-0.2, 0) is 24.7 Å². The van der Waals surface area contributed by atoms with Crippen molar-refractivity contribution >= 4 is 31.5 Å². The Labute approximate surface area is 171 Å². The quantitative estimate of drug-likeness (QED) is 0.716. The molecule has 0 bridgehead atoms. The third-order valence-corrected chi connectivity index (χ3v) is 8.21. The van der Waals surface area contributed by atoms with Crippen molar-refractivity contribution in [2.45, 2.75) is 22.6 Å². The van der Waals surface area contributed by atoms with E-state index in [9.17, 15) is 21.6 Å². The van der Waals surface area contributed by atoms with Crippen molar-refractivity contribution in [2.24, 2.45) is 5.92 Å². The number of amides is 1. The van der Waals surface area contributed by atoms with Crippen LogP contribution in [0.5, 0.6) is 0 Å². The summed E-state index contributed by atoms with van der Waals surface area (Å²) in [6.07, 6.45) is 1.96. The Kier molecular flexibility index (Phi) is 6.11. The molecule has 1 saturated heterocycles. The Balaban J connectivity index is 1.67. The van der Waals surface area contributed by atoms with Crippen LogP contribution in [-0.4, -0.2) is 53.4 Å². The van der Waals surface area contributed by atoms with Crippen molar-refractivity contribution in [2.75, 3.05) is 31.3 Å². The third kappa shape index (κ3) is 4.68. The molecule has 0 radical (unpaired) electrons. The van der Waals surface area contributed by atoms with Crippen molar-refractivity contribution in [3.63, 3.8) is 0 Å². The number of rotatable bonds is 5. The second-order valence-corrected chi connectivity index (χ2v) is 11.1. The molecule has 1 heterocycles. The number of sulfonamides is 1. The van der Waals surface area contributed by atoms with Gasteiger partial charge in [-0.2, -0.15) is 4.31 Å². The molecule has 1 aliphatic rings. The summed E-state index contributed by atoms with van der Waals surface area (Å²) in [7, 11) is -5.39. The van der Waals surface area contributed by atoms with E-state index in [1.54, 1.807) is 11.9 Å². The lowest BCUT2D eigenvalue weighted by Gasteiger charge is -2.32. The van der Waals surface area contributed by atoms with Gasteiger partial charge in [0.1, 0.15) is 0 Å². The number of carbonyl (C=O) groups excluding carboxylic acids is 1. The molecule has 3 rings (SSSR count). The summed E-state index contributed by atoms with van der Waals surface area (Å²) in [5.41, 5.74) is 0.804. The maximum atomic E-state index is 12.9. The molecule has 0 N–H and O–H groups in total. The molecule has 156 valence electrons. The number of carbonyl (C=O) groups is 1. The van der Waals surface area contributed by atoms with Crippen LogP contribution in [0.1, 0.15) is 12.8 Å². The summed E-state index contributed by atoms with van der Waals surface area (Å²) in [4.78, 5) is 14.5. The second kappa shape index (κ2) is 8.25. The molecule has 2 aromatic rings. The minimum Gasteiger partial charge on any atom is -0.315 e. The van der Waals surface area contributed by atoms with Crippen LogP contribution in [0.3, 0.4) is 0 Å². The largest absolute Gasteiger partial charge is 0.315 e. The third-order valence-electron chi connectivity index (χ3n) is 5.17. The predicted molar refractivity (Wildman–Crippen MR) is 111 cm³/mol. The zero-order valence-electron chi connectivity index (χ0n) is 16.4. The van der Waals surface area contributed by atoms with E-state index in [4.69, 9.17) is 0 Å². The predicted octanol–water partition coefficient (Wildman–Crippen LogP) is 2.15. The van der Waals surface area contributed by atoms with Gasteiger partial charge in [0.05, 0.1) is 9.79 Å². The summed E-state index contributed by atoms with van der Waals surface area (Å²) in [5, 5.41) is 0. The van der Waals surface area contributed by atoms with Gasteiger partial charge < -0.3 is 4.90 Å². The summed E-state index contributed by atoms with van der Waals surface area (Å²) in [5.74, 6) is -0.259. The van der Waals surface area contributed by atoms with Crippen LogP contribution in [0.15, 0.2) is 64.4 Å². The zero-order valence-corrected chi connectivity index (χ0v) is 18.0. The van der Waals surface area contributed by atoms with Crippen LogP contribution in [0.2, 0.25) is 0 Å². The summed E-state index contributed by atoms with van der Waals surface area (Å²) >= 11 is 0. The van der Waals surface area contributed by atoms with E-state index in [1.807, 2.05) is 30.3 Å². The summed E-state index contributed by atoms with van der Waals surface area (Å²) in [6, 6.07) is 14.6. The van der Waals surface area contributed by atoms with Gasteiger partial charge >= 0.3 is 0 Å². The number of anilines is 1. The zero-order chi connectivity index (χ0) is 21.2. The molecule has 29 heavy (non-hydrogen) atoms. The molecular formula is C20H24N2O5S2.